The van der Waals surface area contributed by atoms with Crippen LogP contribution >= 0.6 is 0 Å². The first-order chi connectivity index (χ1) is 9.85. The second-order valence-corrected chi connectivity index (χ2v) is 6.99. The summed E-state index contributed by atoms with van der Waals surface area (Å²) in [5.41, 5.74) is 1.84. The van der Waals surface area contributed by atoms with Gasteiger partial charge in [0, 0.05) is 11.8 Å². The van der Waals surface area contributed by atoms with Crippen molar-refractivity contribution >= 4 is 15.8 Å². The summed E-state index contributed by atoms with van der Waals surface area (Å²) >= 11 is 0. The Balaban J connectivity index is 1.98. The molecular formula is C15H16O5S. The molecule has 0 saturated carbocycles. The van der Waals surface area contributed by atoms with Crippen molar-refractivity contribution in [3.05, 3.63) is 59.0 Å². The normalized spacial score (nSPS) is 11.3. The van der Waals surface area contributed by atoms with E-state index in [2.05, 4.69) is 0 Å². The van der Waals surface area contributed by atoms with E-state index in [1.54, 1.807) is 43.5 Å². The van der Waals surface area contributed by atoms with E-state index in [0.29, 0.717) is 16.9 Å². The van der Waals surface area contributed by atoms with Crippen LogP contribution in [-0.2, 0) is 26.9 Å². The Hall–Kier alpha value is -2.08. The van der Waals surface area contributed by atoms with Crippen LogP contribution in [0.15, 0.2) is 41.0 Å². The van der Waals surface area contributed by atoms with Gasteiger partial charge in [-0.05, 0) is 30.7 Å². The van der Waals surface area contributed by atoms with Gasteiger partial charge in [0.2, 0.25) is 0 Å². The first kappa shape index (κ1) is 15.3. The van der Waals surface area contributed by atoms with Crippen LogP contribution in [0.2, 0.25) is 0 Å². The lowest BCUT2D eigenvalue weighted by Gasteiger charge is -2.05. The number of rotatable bonds is 5. The quantitative estimate of drug-likeness (QED) is 0.793. The highest BCUT2D eigenvalue weighted by Gasteiger charge is 2.10. The molecule has 0 unspecified atom stereocenters. The lowest BCUT2D eigenvalue weighted by molar-refractivity contribution is 0.0471. The van der Waals surface area contributed by atoms with Gasteiger partial charge in [0.25, 0.3) is 0 Å². The van der Waals surface area contributed by atoms with Crippen molar-refractivity contribution in [3.63, 3.8) is 0 Å². The van der Waals surface area contributed by atoms with Gasteiger partial charge in [-0.2, -0.15) is 0 Å². The van der Waals surface area contributed by atoms with E-state index >= 15 is 0 Å². The molecule has 0 aliphatic rings. The Morgan fingerprint density at radius 2 is 1.86 bits per heavy atom. The summed E-state index contributed by atoms with van der Waals surface area (Å²) in [6.45, 7) is 1.94. The zero-order valence-electron chi connectivity index (χ0n) is 11.8. The van der Waals surface area contributed by atoms with Gasteiger partial charge in [0.1, 0.15) is 12.4 Å². The molecular weight excluding hydrogens is 292 g/mol. The smallest absolute Gasteiger partial charge is 0.338 e. The van der Waals surface area contributed by atoms with Crippen molar-refractivity contribution in [3.8, 4) is 0 Å². The summed E-state index contributed by atoms with van der Waals surface area (Å²) in [6.07, 6.45) is 2.71. The number of sulfone groups is 1. The number of aryl methyl sites for hydroxylation is 1. The largest absolute Gasteiger partial charge is 0.469 e. The van der Waals surface area contributed by atoms with Gasteiger partial charge in [-0.25, -0.2) is 13.2 Å². The van der Waals surface area contributed by atoms with Crippen molar-refractivity contribution in [2.75, 3.05) is 6.26 Å². The van der Waals surface area contributed by atoms with Crippen LogP contribution in [0, 0.1) is 6.92 Å². The predicted molar refractivity (Wildman–Crippen MR) is 77.6 cm³/mol. The number of carbonyl (C=O) groups is 1. The van der Waals surface area contributed by atoms with E-state index in [1.807, 2.05) is 0 Å². The molecule has 1 aromatic heterocycles. The maximum absolute atomic E-state index is 11.9. The summed E-state index contributed by atoms with van der Waals surface area (Å²) < 4.78 is 32.7. The summed E-state index contributed by atoms with van der Waals surface area (Å²) in [5.74, 6) is 0.212. The second kappa shape index (κ2) is 6.13. The van der Waals surface area contributed by atoms with Crippen molar-refractivity contribution in [1.82, 2.24) is 0 Å². The standard InChI is InChI=1S/C15H16O5S/c1-11-14(7-8-19-11)9-20-15(16)13-5-3-12(4-6-13)10-21(2,17)18/h3-8H,9-10H2,1-2H3. The Morgan fingerprint density at radius 1 is 1.19 bits per heavy atom. The van der Waals surface area contributed by atoms with Crippen LogP contribution in [0.25, 0.3) is 0 Å². The molecule has 0 radical (unpaired) electrons. The summed E-state index contributed by atoms with van der Waals surface area (Å²) in [7, 11) is -3.08. The first-order valence-electron chi connectivity index (χ1n) is 6.32. The number of carbonyl (C=O) groups excluding carboxylic acids is 1. The predicted octanol–water partition coefficient (Wildman–Crippen LogP) is 2.49. The molecule has 0 saturated heterocycles. The minimum absolute atomic E-state index is 0.0451. The monoisotopic (exact) mass is 308 g/mol. The molecule has 0 atom stereocenters. The average molecular weight is 308 g/mol. The number of hydrogen-bond acceptors (Lipinski definition) is 5. The molecule has 0 spiro atoms. The van der Waals surface area contributed by atoms with Gasteiger partial charge in [-0.3, -0.25) is 0 Å². The molecule has 1 aromatic carbocycles. The molecule has 0 aliphatic carbocycles. The molecule has 0 fully saturated rings. The van der Waals surface area contributed by atoms with Crippen molar-refractivity contribution in [2.45, 2.75) is 19.3 Å². The third kappa shape index (κ3) is 4.46. The minimum atomic E-state index is -3.08. The molecule has 0 aliphatic heterocycles. The molecule has 2 rings (SSSR count). The summed E-state index contributed by atoms with van der Waals surface area (Å²) in [4.78, 5) is 11.9. The van der Waals surface area contributed by atoms with E-state index in [4.69, 9.17) is 9.15 Å². The van der Waals surface area contributed by atoms with Crippen molar-refractivity contribution in [1.29, 1.82) is 0 Å². The minimum Gasteiger partial charge on any atom is -0.469 e. The van der Waals surface area contributed by atoms with E-state index in [9.17, 15) is 13.2 Å². The highest BCUT2D eigenvalue weighted by molar-refractivity contribution is 7.89. The number of esters is 1. The second-order valence-electron chi connectivity index (χ2n) is 4.85. The Bertz CT molecular complexity index is 726. The number of furan rings is 1. The summed E-state index contributed by atoms with van der Waals surface area (Å²) in [6, 6.07) is 8.09. The van der Waals surface area contributed by atoms with E-state index < -0.39 is 15.8 Å². The van der Waals surface area contributed by atoms with E-state index in [0.717, 1.165) is 5.56 Å². The zero-order valence-corrected chi connectivity index (χ0v) is 12.6. The Morgan fingerprint density at radius 3 is 2.38 bits per heavy atom. The maximum Gasteiger partial charge on any atom is 0.338 e. The lowest BCUT2D eigenvalue weighted by atomic mass is 10.1. The molecule has 0 N–H and O–H groups in total. The molecule has 0 amide bonds. The van der Waals surface area contributed by atoms with Crippen LogP contribution in [0.3, 0.4) is 0 Å². The van der Waals surface area contributed by atoms with E-state index in [1.165, 1.54) is 6.26 Å². The van der Waals surface area contributed by atoms with Crippen LogP contribution in [0.1, 0.15) is 27.2 Å². The number of hydrogen-bond donors (Lipinski definition) is 0. The van der Waals surface area contributed by atoms with Crippen LogP contribution in [0.5, 0.6) is 0 Å². The van der Waals surface area contributed by atoms with E-state index in [-0.39, 0.29) is 12.4 Å². The Labute approximate surface area is 123 Å². The molecule has 0 bridgehead atoms. The Kier molecular flexibility index (Phi) is 4.47. The topological polar surface area (TPSA) is 73.6 Å². The van der Waals surface area contributed by atoms with Crippen LogP contribution in [0.4, 0.5) is 0 Å². The molecule has 21 heavy (non-hydrogen) atoms. The highest BCUT2D eigenvalue weighted by atomic mass is 32.2. The van der Waals surface area contributed by atoms with Gasteiger partial charge in [0.05, 0.1) is 17.6 Å². The SMILES string of the molecule is Cc1occc1COC(=O)c1ccc(CS(C)(=O)=O)cc1. The van der Waals surface area contributed by atoms with Crippen molar-refractivity contribution in [2.24, 2.45) is 0 Å². The molecule has 1 heterocycles. The highest BCUT2D eigenvalue weighted by Crippen LogP contribution is 2.13. The van der Waals surface area contributed by atoms with Crippen molar-refractivity contribution < 1.29 is 22.4 Å². The van der Waals surface area contributed by atoms with Crippen LogP contribution in [-0.4, -0.2) is 20.6 Å². The fourth-order valence-electron chi connectivity index (χ4n) is 1.83. The van der Waals surface area contributed by atoms with Gasteiger partial charge < -0.3 is 9.15 Å². The molecule has 6 heteroatoms. The average Bonchev–Trinajstić information content (AvgIpc) is 2.80. The fraction of sp³-hybridized carbons (Fsp3) is 0.267. The molecule has 2 aromatic rings. The lowest BCUT2D eigenvalue weighted by Crippen LogP contribution is -2.06. The van der Waals surface area contributed by atoms with Crippen LogP contribution < -0.4 is 0 Å². The van der Waals surface area contributed by atoms with Gasteiger partial charge in [0.15, 0.2) is 9.84 Å². The maximum atomic E-state index is 11.9. The van der Waals surface area contributed by atoms with Gasteiger partial charge in [-0.15, -0.1) is 0 Å². The first-order valence-corrected chi connectivity index (χ1v) is 8.38. The van der Waals surface area contributed by atoms with Gasteiger partial charge >= 0.3 is 5.97 Å². The number of benzene rings is 1. The molecule has 5 nitrogen and oxygen atoms in total. The zero-order chi connectivity index (χ0) is 15.5. The third-order valence-electron chi connectivity index (χ3n) is 2.94. The third-order valence-corrected chi connectivity index (χ3v) is 3.80. The molecule has 112 valence electrons. The number of ether oxygens (including phenoxy) is 1. The summed E-state index contributed by atoms with van der Waals surface area (Å²) in [5, 5.41) is 0. The fourth-order valence-corrected chi connectivity index (χ4v) is 2.63. The van der Waals surface area contributed by atoms with Gasteiger partial charge in [-0.1, -0.05) is 12.1 Å².